The molecule has 2 nitrogen and oxygen atoms in total. The largest absolute Gasteiger partial charge is 0.385 e. The zero-order valence-corrected chi connectivity index (χ0v) is 14.3. The van der Waals surface area contributed by atoms with Gasteiger partial charge in [-0.3, -0.25) is 0 Å². The molecule has 0 aromatic carbocycles. The van der Waals surface area contributed by atoms with Gasteiger partial charge in [0.15, 0.2) is 0 Å². The van der Waals surface area contributed by atoms with E-state index in [0.29, 0.717) is 6.04 Å². The fourth-order valence-electron chi connectivity index (χ4n) is 3.87. The smallest absolute Gasteiger partial charge is 0.0465 e. The van der Waals surface area contributed by atoms with Crippen LogP contribution < -0.4 is 5.32 Å². The lowest BCUT2D eigenvalue weighted by Crippen LogP contribution is -2.43. The summed E-state index contributed by atoms with van der Waals surface area (Å²) in [5.74, 6) is 2.63. The Morgan fingerprint density at radius 3 is 2.35 bits per heavy atom. The number of ether oxygens (including phenoxy) is 1. The van der Waals surface area contributed by atoms with Crippen molar-refractivity contribution in [3.05, 3.63) is 0 Å². The molecule has 0 saturated heterocycles. The molecule has 0 radical (unpaired) electrons. The number of hydrogen-bond donors (Lipinski definition) is 1. The van der Waals surface area contributed by atoms with Crippen molar-refractivity contribution in [1.82, 2.24) is 5.32 Å². The molecule has 1 N–H and O–H groups in total. The molecule has 0 aromatic rings. The first-order valence-corrected chi connectivity index (χ1v) is 8.95. The van der Waals surface area contributed by atoms with Gasteiger partial charge in [-0.05, 0) is 50.0 Å². The van der Waals surface area contributed by atoms with Crippen LogP contribution in [0.5, 0.6) is 0 Å². The van der Waals surface area contributed by atoms with Crippen LogP contribution in [0.2, 0.25) is 0 Å². The van der Waals surface area contributed by atoms with Gasteiger partial charge in [0.25, 0.3) is 0 Å². The highest BCUT2D eigenvalue weighted by Crippen LogP contribution is 2.35. The molecule has 0 bridgehead atoms. The predicted octanol–water partition coefficient (Wildman–Crippen LogP) is 4.63. The van der Waals surface area contributed by atoms with Gasteiger partial charge in [0, 0.05) is 19.8 Å². The summed E-state index contributed by atoms with van der Waals surface area (Å²) in [6.07, 6.45) is 11.0. The summed E-state index contributed by atoms with van der Waals surface area (Å²) in [4.78, 5) is 0. The summed E-state index contributed by atoms with van der Waals surface area (Å²) in [6.45, 7) is 9.06. The van der Waals surface area contributed by atoms with Gasteiger partial charge in [0.05, 0.1) is 0 Å². The van der Waals surface area contributed by atoms with Crippen molar-refractivity contribution in [3.8, 4) is 0 Å². The van der Waals surface area contributed by atoms with Crippen molar-refractivity contribution in [2.24, 2.45) is 17.8 Å². The molecule has 1 rings (SSSR count). The Morgan fingerprint density at radius 1 is 1.10 bits per heavy atom. The molecule has 0 aromatic heterocycles. The fourth-order valence-corrected chi connectivity index (χ4v) is 3.87. The van der Waals surface area contributed by atoms with Crippen LogP contribution in [0.15, 0.2) is 0 Å². The van der Waals surface area contributed by atoms with Crippen LogP contribution in [0.1, 0.15) is 72.1 Å². The normalized spacial score (nSPS) is 26.4. The lowest BCUT2D eigenvalue weighted by molar-refractivity contribution is 0.137. The summed E-state index contributed by atoms with van der Waals surface area (Å²) in [5.41, 5.74) is 0. The molecule has 2 unspecified atom stereocenters. The van der Waals surface area contributed by atoms with E-state index in [-0.39, 0.29) is 0 Å². The highest BCUT2D eigenvalue weighted by molar-refractivity contribution is 4.85. The van der Waals surface area contributed by atoms with Crippen molar-refractivity contribution >= 4 is 0 Å². The molecule has 1 saturated carbocycles. The third-order valence-corrected chi connectivity index (χ3v) is 5.12. The molecule has 0 amide bonds. The lowest BCUT2D eigenvalue weighted by Gasteiger charge is -2.37. The third-order valence-electron chi connectivity index (χ3n) is 5.12. The van der Waals surface area contributed by atoms with Crippen molar-refractivity contribution in [3.63, 3.8) is 0 Å². The van der Waals surface area contributed by atoms with Gasteiger partial charge in [-0.15, -0.1) is 0 Å². The van der Waals surface area contributed by atoms with E-state index in [0.717, 1.165) is 30.9 Å². The molecule has 0 aliphatic heterocycles. The van der Waals surface area contributed by atoms with Crippen LogP contribution in [0, 0.1) is 17.8 Å². The van der Waals surface area contributed by atoms with Crippen LogP contribution in [0.3, 0.4) is 0 Å². The average Bonchev–Trinajstić information content (AvgIpc) is 2.47. The zero-order chi connectivity index (χ0) is 14.8. The molecule has 1 aliphatic carbocycles. The van der Waals surface area contributed by atoms with Gasteiger partial charge in [-0.2, -0.15) is 0 Å². The molecule has 0 heterocycles. The molecule has 1 aliphatic rings. The molecule has 0 spiro atoms. The maximum absolute atomic E-state index is 5.28. The number of methoxy groups -OCH3 is 1. The lowest BCUT2D eigenvalue weighted by atomic mass is 9.74. The Labute approximate surface area is 127 Å². The zero-order valence-electron chi connectivity index (χ0n) is 14.3. The summed E-state index contributed by atoms with van der Waals surface area (Å²) >= 11 is 0. The van der Waals surface area contributed by atoms with Gasteiger partial charge in [-0.25, -0.2) is 0 Å². The van der Waals surface area contributed by atoms with Crippen molar-refractivity contribution in [1.29, 1.82) is 0 Å². The number of hydrogen-bond acceptors (Lipinski definition) is 2. The van der Waals surface area contributed by atoms with Gasteiger partial charge in [-0.1, -0.05) is 46.5 Å². The monoisotopic (exact) mass is 283 g/mol. The van der Waals surface area contributed by atoms with Crippen LogP contribution in [0.4, 0.5) is 0 Å². The molecule has 20 heavy (non-hydrogen) atoms. The molecule has 120 valence electrons. The highest BCUT2D eigenvalue weighted by atomic mass is 16.5. The van der Waals surface area contributed by atoms with Gasteiger partial charge in [0.2, 0.25) is 0 Å². The Hall–Kier alpha value is -0.0800. The minimum atomic E-state index is 0.702. The second kappa shape index (κ2) is 10.6. The standard InChI is InChI=1S/C18H37NO/c1-5-7-16-8-10-17(11-9-16)18(19-13-6-2)15(3)12-14-20-4/h15-19H,5-14H2,1-4H3. The van der Waals surface area contributed by atoms with E-state index in [2.05, 4.69) is 26.1 Å². The summed E-state index contributed by atoms with van der Waals surface area (Å²) in [5, 5.41) is 3.84. The van der Waals surface area contributed by atoms with E-state index in [1.54, 1.807) is 0 Å². The van der Waals surface area contributed by atoms with Gasteiger partial charge in [0.1, 0.15) is 0 Å². The highest BCUT2D eigenvalue weighted by Gasteiger charge is 2.30. The van der Waals surface area contributed by atoms with Crippen LogP contribution in [-0.4, -0.2) is 26.3 Å². The van der Waals surface area contributed by atoms with Crippen molar-refractivity contribution < 1.29 is 4.74 Å². The Morgan fingerprint density at radius 2 is 1.80 bits per heavy atom. The van der Waals surface area contributed by atoms with Crippen molar-refractivity contribution in [2.45, 2.75) is 78.2 Å². The molecule has 2 heteroatoms. The van der Waals surface area contributed by atoms with E-state index < -0.39 is 0 Å². The quantitative estimate of drug-likeness (QED) is 0.631. The van der Waals surface area contributed by atoms with E-state index in [1.165, 1.54) is 51.4 Å². The second-order valence-electron chi connectivity index (χ2n) is 6.81. The number of rotatable bonds is 10. The average molecular weight is 284 g/mol. The Kier molecular flexibility index (Phi) is 9.54. The minimum Gasteiger partial charge on any atom is -0.385 e. The van der Waals surface area contributed by atoms with E-state index in [9.17, 15) is 0 Å². The first-order valence-electron chi connectivity index (χ1n) is 8.95. The fraction of sp³-hybridized carbons (Fsp3) is 1.00. The second-order valence-corrected chi connectivity index (χ2v) is 6.81. The Balaban J connectivity index is 2.46. The maximum Gasteiger partial charge on any atom is 0.0465 e. The SMILES string of the molecule is CCCNC(C(C)CCOC)C1CCC(CCC)CC1. The Bertz CT molecular complexity index is 223. The van der Waals surface area contributed by atoms with Crippen LogP contribution in [-0.2, 0) is 4.74 Å². The molecular weight excluding hydrogens is 246 g/mol. The van der Waals surface area contributed by atoms with Crippen LogP contribution >= 0.6 is 0 Å². The molecular formula is C18H37NO. The summed E-state index contributed by atoms with van der Waals surface area (Å²) < 4.78 is 5.28. The summed E-state index contributed by atoms with van der Waals surface area (Å²) in [6, 6.07) is 0.702. The topological polar surface area (TPSA) is 21.3 Å². The maximum atomic E-state index is 5.28. The van der Waals surface area contributed by atoms with E-state index in [1.807, 2.05) is 7.11 Å². The van der Waals surface area contributed by atoms with Gasteiger partial charge < -0.3 is 10.1 Å². The van der Waals surface area contributed by atoms with Crippen LogP contribution in [0.25, 0.3) is 0 Å². The molecule has 1 fully saturated rings. The minimum absolute atomic E-state index is 0.702. The van der Waals surface area contributed by atoms with E-state index in [4.69, 9.17) is 4.74 Å². The van der Waals surface area contributed by atoms with Gasteiger partial charge >= 0.3 is 0 Å². The summed E-state index contributed by atoms with van der Waals surface area (Å²) in [7, 11) is 1.82. The number of nitrogens with one attached hydrogen (secondary N) is 1. The van der Waals surface area contributed by atoms with E-state index >= 15 is 0 Å². The third kappa shape index (κ3) is 6.13. The van der Waals surface area contributed by atoms with Crippen molar-refractivity contribution in [2.75, 3.05) is 20.3 Å². The first-order chi connectivity index (χ1) is 9.72. The first kappa shape index (κ1) is 18.0. The molecule has 2 atom stereocenters. The predicted molar refractivity (Wildman–Crippen MR) is 88.1 cm³/mol.